The van der Waals surface area contributed by atoms with E-state index in [1.165, 1.54) is 24.9 Å². The zero-order chi connectivity index (χ0) is 15.2. The van der Waals surface area contributed by atoms with Crippen LogP contribution in [0.25, 0.3) is 11.3 Å². The molecule has 5 nitrogen and oxygen atoms in total. The van der Waals surface area contributed by atoms with E-state index in [9.17, 15) is 9.59 Å². The fourth-order valence-corrected chi connectivity index (χ4v) is 2.75. The largest absolute Gasteiger partial charge is 0.468 e. The summed E-state index contributed by atoms with van der Waals surface area (Å²) in [6, 6.07) is 10.9. The lowest BCUT2D eigenvalue weighted by molar-refractivity contribution is -0.140. The minimum atomic E-state index is -0.385. The first-order valence-corrected chi connectivity index (χ1v) is 7.43. The van der Waals surface area contributed by atoms with E-state index in [2.05, 4.69) is 9.97 Å². The molecule has 110 valence electrons. The molecule has 0 aliphatic heterocycles. The monoisotopic (exact) mass is 304 g/mol. The summed E-state index contributed by atoms with van der Waals surface area (Å²) in [4.78, 5) is 30.5. The summed E-state index contributed by atoms with van der Waals surface area (Å²) >= 11 is 1.20. The van der Waals surface area contributed by atoms with Crippen molar-refractivity contribution in [3.05, 3.63) is 46.8 Å². The third kappa shape index (κ3) is 3.95. The van der Waals surface area contributed by atoms with Gasteiger partial charge in [-0.3, -0.25) is 9.59 Å². The van der Waals surface area contributed by atoms with Crippen LogP contribution in [-0.4, -0.2) is 28.3 Å². The summed E-state index contributed by atoms with van der Waals surface area (Å²) in [5.41, 5.74) is 1.20. The van der Waals surface area contributed by atoms with E-state index in [0.29, 0.717) is 17.3 Å². The second-order valence-electron chi connectivity index (χ2n) is 4.34. The number of H-pyrrole nitrogens is 1. The van der Waals surface area contributed by atoms with Crippen molar-refractivity contribution in [1.82, 2.24) is 9.97 Å². The normalized spacial score (nSPS) is 11.9. The van der Waals surface area contributed by atoms with E-state index >= 15 is 0 Å². The van der Waals surface area contributed by atoms with E-state index < -0.39 is 0 Å². The van der Waals surface area contributed by atoms with Gasteiger partial charge in [0.2, 0.25) is 0 Å². The molecule has 0 aliphatic carbocycles. The highest BCUT2D eigenvalue weighted by molar-refractivity contribution is 8.00. The molecule has 0 spiro atoms. The number of aromatic amines is 1. The molecule has 1 atom stereocenters. The van der Waals surface area contributed by atoms with Crippen LogP contribution >= 0.6 is 11.8 Å². The fourth-order valence-electron chi connectivity index (χ4n) is 1.81. The van der Waals surface area contributed by atoms with Gasteiger partial charge in [-0.1, -0.05) is 49.0 Å². The lowest BCUT2D eigenvalue weighted by Gasteiger charge is -2.11. The highest BCUT2D eigenvalue weighted by Gasteiger charge is 2.20. The molecule has 1 heterocycles. The average Bonchev–Trinajstić information content (AvgIpc) is 2.52. The molecule has 1 aromatic carbocycles. The van der Waals surface area contributed by atoms with E-state index in [1.54, 1.807) is 0 Å². The highest BCUT2D eigenvalue weighted by Crippen LogP contribution is 2.24. The zero-order valence-electron chi connectivity index (χ0n) is 11.8. The molecule has 21 heavy (non-hydrogen) atoms. The Labute approximate surface area is 126 Å². The molecular formula is C15H16N2O3S. The van der Waals surface area contributed by atoms with Gasteiger partial charge in [-0.05, 0) is 6.42 Å². The number of carbonyl (C=O) groups excluding carboxylic acids is 1. The molecule has 1 aromatic heterocycles. The molecule has 2 aromatic rings. The summed E-state index contributed by atoms with van der Waals surface area (Å²) in [5, 5.41) is 0.0303. The topological polar surface area (TPSA) is 72.0 Å². The molecule has 6 heteroatoms. The Bertz CT molecular complexity index is 670. The van der Waals surface area contributed by atoms with Crippen LogP contribution in [-0.2, 0) is 9.53 Å². The van der Waals surface area contributed by atoms with Gasteiger partial charge in [0.25, 0.3) is 5.56 Å². The van der Waals surface area contributed by atoms with Crippen LogP contribution in [0.1, 0.15) is 13.3 Å². The summed E-state index contributed by atoms with van der Waals surface area (Å²) in [6.07, 6.45) is 0.594. The second-order valence-corrected chi connectivity index (χ2v) is 5.53. The Morgan fingerprint density at radius 2 is 2.10 bits per heavy atom. The molecule has 0 radical (unpaired) electrons. The smallest absolute Gasteiger partial charge is 0.319 e. The predicted octanol–water partition coefficient (Wildman–Crippen LogP) is 2.48. The van der Waals surface area contributed by atoms with Crippen LogP contribution in [0.4, 0.5) is 0 Å². The number of thioether (sulfide) groups is 1. The van der Waals surface area contributed by atoms with Crippen molar-refractivity contribution in [1.29, 1.82) is 0 Å². The van der Waals surface area contributed by atoms with Gasteiger partial charge in [0.1, 0.15) is 5.25 Å². The molecule has 0 saturated heterocycles. The van der Waals surface area contributed by atoms with Crippen molar-refractivity contribution in [2.75, 3.05) is 7.11 Å². The van der Waals surface area contributed by atoms with E-state index in [1.807, 2.05) is 37.3 Å². The first-order chi connectivity index (χ1) is 10.1. The number of rotatable bonds is 5. The molecule has 0 bridgehead atoms. The standard InChI is InChI=1S/C15H16N2O3S/c1-3-12(14(19)20-2)21-15-16-11(9-13(18)17-15)10-7-5-4-6-8-10/h4-9,12H,3H2,1-2H3,(H,16,17,18)/t12-/m1/s1. The van der Waals surface area contributed by atoms with Gasteiger partial charge in [-0.15, -0.1) is 0 Å². The number of carbonyl (C=O) groups is 1. The Morgan fingerprint density at radius 3 is 2.71 bits per heavy atom. The number of nitrogens with zero attached hydrogens (tertiary/aromatic N) is 1. The maximum Gasteiger partial charge on any atom is 0.319 e. The Hall–Kier alpha value is -2.08. The number of ether oxygens (including phenoxy) is 1. The first kappa shape index (κ1) is 15.3. The molecule has 2 rings (SSSR count). The van der Waals surface area contributed by atoms with Crippen LogP contribution < -0.4 is 5.56 Å². The van der Waals surface area contributed by atoms with Gasteiger partial charge in [-0.2, -0.15) is 0 Å². The van der Waals surface area contributed by atoms with Gasteiger partial charge >= 0.3 is 5.97 Å². The van der Waals surface area contributed by atoms with Crippen LogP contribution in [0.5, 0.6) is 0 Å². The molecule has 0 amide bonds. The number of nitrogens with one attached hydrogen (secondary N) is 1. The minimum Gasteiger partial charge on any atom is -0.468 e. The van der Waals surface area contributed by atoms with Crippen LogP contribution in [0, 0.1) is 0 Å². The number of esters is 1. The number of aromatic nitrogens is 2. The maximum absolute atomic E-state index is 11.8. The van der Waals surface area contributed by atoms with Gasteiger partial charge in [-0.25, -0.2) is 4.98 Å². The van der Waals surface area contributed by atoms with Crippen molar-refractivity contribution in [2.24, 2.45) is 0 Å². The average molecular weight is 304 g/mol. The molecule has 0 aliphatic rings. The van der Waals surface area contributed by atoms with Crippen molar-refractivity contribution in [3.8, 4) is 11.3 Å². The van der Waals surface area contributed by atoms with Gasteiger partial charge in [0.15, 0.2) is 5.16 Å². The maximum atomic E-state index is 11.8. The lowest BCUT2D eigenvalue weighted by atomic mass is 10.1. The van der Waals surface area contributed by atoms with Crippen LogP contribution in [0.3, 0.4) is 0 Å². The zero-order valence-corrected chi connectivity index (χ0v) is 12.6. The van der Waals surface area contributed by atoms with Gasteiger partial charge in [0, 0.05) is 11.6 Å². The van der Waals surface area contributed by atoms with E-state index in [-0.39, 0.29) is 16.8 Å². The number of hydrogen-bond donors (Lipinski definition) is 1. The molecular weight excluding hydrogens is 288 g/mol. The summed E-state index contributed by atoms with van der Waals surface area (Å²) in [7, 11) is 1.35. The number of methoxy groups -OCH3 is 1. The molecule has 1 N–H and O–H groups in total. The summed E-state index contributed by atoms with van der Waals surface area (Å²) in [6.45, 7) is 1.88. The van der Waals surface area contributed by atoms with Crippen molar-refractivity contribution in [3.63, 3.8) is 0 Å². The lowest BCUT2D eigenvalue weighted by Crippen LogP contribution is -2.19. The number of benzene rings is 1. The van der Waals surface area contributed by atoms with E-state index in [0.717, 1.165) is 5.56 Å². The Balaban J connectivity index is 2.31. The highest BCUT2D eigenvalue weighted by atomic mass is 32.2. The number of hydrogen-bond acceptors (Lipinski definition) is 5. The fraction of sp³-hybridized carbons (Fsp3) is 0.267. The SMILES string of the molecule is CC[C@@H](Sc1nc(-c2ccccc2)cc(=O)[nH]1)C(=O)OC. The van der Waals surface area contributed by atoms with E-state index in [4.69, 9.17) is 4.74 Å². The Morgan fingerprint density at radius 1 is 1.38 bits per heavy atom. The second kappa shape index (κ2) is 7.08. The third-order valence-electron chi connectivity index (χ3n) is 2.88. The van der Waals surface area contributed by atoms with Crippen molar-refractivity contribution < 1.29 is 9.53 Å². The van der Waals surface area contributed by atoms with Gasteiger partial charge in [0.05, 0.1) is 12.8 Å². The summed E-state index contributed by atoms with van der Waals surface area (Å²) in [5.74, 6) is -0.324. The van der Waals surface area contributed by atoms with Crippen LogP contribution in [0.15, 0.2) is 46.3 Å². The molecule has 0 fully saturated rings. The first-order valence-electron chi connectivity index (χ1n) is 6.55. The molecule has 0 saturated carbocycles. The van der Waals surface area contributed by atoms with Gasteiger partial charge < -0.3 is 9.72 Å². The van der Waals surface area contributed by atoms with Crippen molar-refractivity contribution in [2.45, 2.75) is 23.8 Å². The van der Waals surface area contributed by atoms with Crippen molar-refractivity contribution >= 4 is 17.7 Å². The Kier molecular flexibility index (Phi) is 5.16. The third-order valence-corrected chi connectivity index (χ3v) is 4.11. The van der Waals surface area contributed by atoms with Crippen LogP contribution in [0.2, 0.25) is 0 Å². The molecule has 0 unspecified atom stereocenters. The predicted molar refractivity (Wildman–Crippen MR) is 82.2 cm³/mol. The minimum absolute atomic E-state index is 0.244. The quantitative estimate of drug-likeness (QED) is 0.522. The summed E-state index contributed by atoms with van der Waals surface area (Å²) < 4.78 is 4.74.